The Morgan fingerprint density at radius 3 is 2.59 bits per heavy atom. The smallest absolute Gasteiger partial charge is 0.0587 e. The SMILES string of the molecule is CC(CC1CC1)N[C@H](CO)Cc1ccccc1. The van der Waals surface area contributed by atoms with Crippen molar-refractivity contribution < 1.29 is 5.11 Å². The topological polar surface area (TPSA) is 32.3 Å². The van der Waals surface area contributed by atoms with Gasteiger partial charge in [-0.05, 0) is 31.2 Å². The van der Waals surface area contributed by atoms with Crippen LogP contribution < -0.4 is 5.32 Å². The van der Waals surface area contributed by atoms with Crippen molar-refractivity contribution in [1.29, 1.82) is 0 Å². The number of nitrogens with one attached hydrogen (secondary N) is 1. The molecule has 1 aliphatic rings. The van der Waals surface area contributed by atoms with E-state index >= 15 is 0 Å². The summed E-state index contributed by atoms with van der Waals surface area (Å²) in [4.78, 5) is 0. The molecule has 1 fully saturated rings. The van der Waals surface area contributed by atoms with E-state index in [9.17, 15) is 5.11 Å². The van der Waals surface area contributed by atoms with E-state index in [2.05, 4.69) is 36.5 Å². The zero-order valence-electron chi connectivity index (χ0n) is 10.6. The van der Waals surface area contributed by atoms with Crippen molar-refractivity contribution in [3.8, 4) is 0 Å². The van der Waals surface area contributed by atoms with Crippen LogP contribution in [0.15, 0.2) is 30.3 Å². The average molecular weight is 233 g/mol. The van der Waals surface area contributed by atoms with Gasteiger partial charge in [-0.2, -0.15) is 0 Å². The lowest BCUT2D eigenvalue weighted by atomic mass is 10.0. The number of benzene rings is 1. The minimum Gasteiger partial charge on any atom is -0.395 e. The van der Waals surface area contributed by atoms with Crippen LogP contribution in [-0.2, 0) is 6.42 Å². The first-order chi connectivity index (χ1) is 8.28. The molecule has 2 atom stereocenters. The van der Waals surface area contributed by atoms with Crippen molar-refractivity contribution in [3.05, 3.63) is 35.9 Å². The van der Waals surface area contributed by atoms with Crippen molar-refractivity contribution in [3.63, 3.8) is 0 Å². The highest BCUT2D eigenvalue weighted by Crippen LogP contribution is 2.33. The summed E-state index contributed by atoms with van der Waals surface area (Å²) in [6, 6.07) is 11.1. The van der Waals surface area contributed by atoms with Crippen LogP contribution in [0.5, 0.6) is 0 Å². The van der Waals surface area contributed by atoms with E-state index in [-0.39, 0.29) is 12.6 Å². The Morgan fingerprint density at radius 2 is 2.00 bits per heavy atom. The van der Waals surface area contributed by atoms with E-state index < -0.39 is 0 Å². The largest absolute Gasteiger partial charge is 0.395 e. The van der Waals surface area contributed by atoms with Crippen molar-refractivity contribution in [2.45, 2.75) is 44.7 Å². The molecule has 2 N–H and O–H groups in total. The lowest BCUT2D eigenvalue weighted by Gasteiger charge is -2.21. The second-order valence-electron chi connectivity index (χ2n) is 5.32. The third-order valence-corrected chi connectivity index (χ3v) is 3.45. The summed E-state index contributed by atoms with van der Waals surface area (Å²) in [5.41, 5.74) is 1.29. The quantitative estimate of drug-likeness (QED) is 0.758. The van der Waals surface area contributed by atoms with Gasteiger partial charge in [0.05, 0.1) is 6.61 Å². The maximum absolute atomic E-state index is 9.42. The van der Waals surface area contributed by atoms with Gasteiger partial charge in [-0.3, -0.25) is 0 Å². The molecule has 1 aromatic carbocycles. The Morgan fingerprint density at radius 1 is 1.29 bits per heavy atom. The number of hydrogen-bond donors (Lipinski definition) is 2. The molecule has 2 rings (SSSR count). The second kappa shape index (κ2) is 6.18. The molecule has 0 spiro atoms. The first-order valence-electron chi connectivity index (χ1n) is 6.68. The highest BCUT2D eigenvalue weighted by atomic mass is 16.3. The van der Waals surface area contributed by atoms with Gasteiger partial charge in [0.15, 0.2) is 0 Å². The normalized spacial score (nSPS) is 18.9. The molecule has 0 amide bonds. The fraction of sp³-hybridized carbons (Fsp3) is 0.600. The number of aliphatic hydroxyl groups is 1. The van der Waals surface area contributed by atoms with Gasteiger partial charge in [0.25, 0.3) is 0 Å². The number of hydrogen-bond acceptors (Lipinski definition) is 2. The molecule has 1 aliphatic carbocycles. The van der Waals surface area contributed by atoms with Gasteiger partial charge in [-0.25, -0.2) is 0 Å². The Kier molecular flexibility index (Phi) is 4.57. The molecule has 0 radical (unpaired) electrons. The standard InChI is InChI=1S/C15H23NO/c1-12(9-14-7-8-14)16-15(11-17)10-13-5-3-2-4-6-13/h2-6,12,14-17H,7-11H2,1H3/t12?,15-/m0/s1. The summed E-state index contributed by atoms with van der Waals surface area (Å²) in [6.07, 6.45) is 4.96. The molecule has 0 aliphatic heterocycles. The molecule has 0 aromatic heterocycles. The minimum atomic E-state index is 0.186. The molecule has 2 heteroatoms. The zero-order valence-corrected chi connectivity index (χ0v) is 10.6. The Hall–Kier alpha value is -0.860. The maximum atomic E-state index is 9.42. The molecule has 1 unspecified atom stereocenters. The van der Waals surface area contributed by atoms with Crippen LogP contribution >= 0.6 is 0 Å². The number of rotatable bonds is 7. The number of aliphatic hydroxyl groups excluding tert-OH is 1. The van der Waals surface area contributed by atoms with Gasteiger partial charge < -0.3 is 10.4 Å². The fourth-order valence-corrected chi connectivity index (χ4v) is 2.40. The Balaban J connectivity index is 1.79. The summed E-state index contributed by atoms with van der Waals surface area (Å²) in [5.74, 6) is 0.938. The van der Waals surface area contributed by atoms with Gasteiger partial charge in [0, 0.05) is 12.1 Å². The molecular weight excluding hydrogens is 210 g/mol. The predicted molar refractivity (Wildman–Crippen MR) is 71.0 cm³/mol. The van der Waals surface area contributed by atoms with Crippen LogP contribution in [0.25, 0.3) is 0 Å². The van der Waals surface area contributed by atoms with Gasteiger partial charge in [0.2, 0.25) is 0 Å². The molecule has 94 valence electrons. The molecule has 2 nitrogen and oxygen atoms in total. The highest BCUT2D eigenvalue weighted by Gasteiger charge is 2.24. The molecular formula is C15H23NO. The summed E-state index contributed by atoms with van der Waals surface area (Å²) < 4.78 is 0. The Bertz CT molecular complexity index is 321. The molecule has 1 saturated carbocycles. The second-order valence-corrected chi connectivity index (χ2v) is 5.32. The molecule has 0 saturated heterocycles. The first-order valence-corrected chi connectivity index (χ1v) is 6.68. The summed E-state index contributed by atoms with van der Waals surface area (Å²) in [6.45, 7) is 2.44. The maximum Gasteiger partial charge on any atom is 0.0587 e. The van der Waals surface area contributed by atoms with Crippen LogP contribution in [0.3, 0.4) is 0 Å². The van der Waals surface area contributed by atoms with E-state index in [0.29, 0.717) is 6.04 Å². The minimum absolute atomic E-state index is 0.186. The van der Waals surface area contributed by atoms with Gasteiger partial charge >= 0.3 is 0 Å². The van der Waals surface area contributed by atoms with E-state index in [1.54, 1.807) is 0 Å². The van der Waals surface area contributed by atoms with E-state index in [1.807, 2.05) is 6.07 Å². The van der Waals surface area contributed by atoms with Crippen LogP contribution in [0.2, 0.25) is 0 Å². The van der Waals surface area contributed by atoms with E-state index in [4.69, 9.17) is 0 Å². The van der Waals surface area contributed by atoms with E-state index in [1.165, 1.54) is 24.8 Å². The molecule has 0 heterocycles. The predicted octanol–water partition coefficient (Wildman–Crippen LogP) is 2.37. The molecule has 17 heavy (non-hydrogen) atoms. The lowest BCUT2D eigenvalue weighted by molar-refractivity contribution is 0.229. The van der Waals surface area contributed by atoms with Gasteiger partial charge in [0.1, 0.15) is 0 Å². The van der Waals surface area contributed by atoms with Crippen LogP contribution in [0, 0.1) is 5.92 Å². The molecule has 0 bridgehead atoms. The summed E-state index contributed by atoms with van der Waals surface area (Å²) in [5, 5.41) is 13.0. The lowest BCUT2D eigenvalue weighted by Crippen LogP contribution is -2.40. The van der Waals surface area contributed by atoms with E-state index in [0.717, 1.165) is 12.3 Å². The summed E-state index contributed by atoms with van der Waals surface area (Å²) in [7, 11) is 0. The summed E-state index contributed by atoms with van der Waals surface area (Å²) >= 11 is 0. The van der Waals surface area contributed by atoms with Crippen molar-refractivity contribution >= 4 is 0 Å². The third kappa shape index (κ3) is 4.49. The van der Waals surface area contributed by atoms with Crippen LogP contribution in [0.1, 0.15) is 31.7 Å². The first kappa shape index (κ1) is 12.6. The van der Waals surface area contributed by atoms with Crippen molar-refractivity contribution in [2.75, 3.05) is 6.61 Å². The monoisotopic (exact) mass is 233 g/mol. The van der Waals surface area contributed by atoms with Crippen molar-refractivity contribution in [2.24, 2.45) is 5.92 Å². The zero-order chi connectivity index (χ0) is 12.1. The van der Waals surface area contributed by atoms with Crippen molar-refractivity contribution in [1.82, 2.24) is 5.32 Å². The van der Waals surface area contributed by atoms with Gasteiger partial charge in [-0.15, -0.1) is 0 Å². The van der Waals surface area contributed by atoms with Gasteiger partial charge in [-0.1, -0.05) is 43.2 Å². The molecule has 1 aromatic rings. The Labute approximate surface area is 104 Å². The van der Waals surface area contributed by atoms with Crippen LogP contribution in [-0.4, -0.2) is 23.8 Å². The van der Waals surface area contributed by atoms with Crippen LogP contribution in [0.4, 0.5) is 0 Å². The average Bonchev–Trinajstić information content (AvgIpc) is 3.13. The highest BCUT2D eigenvalue weighted by molar-refractivity contribution is 5.15. The third-order valence-electron chi connectivity index (χ3n) is 3.45. The fourth-order valence-electron chi connectivity index (χ4n) is 2.40.